The number of para-hydroxylation sites is 1. The second kappa shape index (κ2) is 9.97. The molecule has 0 bridgehead atoms. The molecule has 0 aliphatic carbocycles. The molecule has 0 fully saturated rings. The van der Waals surface area contributed by atoms with Crippen LogP contribution in [0.5, 0.6) is 5.75 Å². The predicted octanol–water partition coefficient (Wildman–Crippen LogP) is 5.81. The van der Waals surface area contributed by atoms with E-state index in [1.807, 2.05) is 48.5 Å². The van der Waals surface area contributed by atoms with Crippen LogP contribution in [0.3, 0.4) is 0 Å². The van der Waals surface area contributed by atoms with Crippen LogP contribution in [0.2, 0.25) is 0 Å². The molecule has 3 heterocycles. The number of benzene rings is 2. The van der Waals surface area contributed by atoms with E-state index >= 15 is 0 Å². The maximum absolute atomic E-state index is 13.4. The Balaban J connectivity index is 1.36. The molecule has 6 nitrogen and oxygen atoms in total. The number of nitrogens with zero attached hydrogens (tertiary/aromatic N) is 3. The number of aromatic hydroxyl groups is 1. The number of aromatic nitrogens is 1. The van der Waals surface area contributed by atoms with Crippen molar-refractivity contribution in [3.8, 4) is 5.75 Å². The molecular formula is C27H23N3O3S. The van der Waals surface area contributed by atoms with Gasteiger partial charge >= 0.3 is 5.91 Å². The van der Waals surface area contributed by atoms with E-state index in [9.17, 15) is 9.90 Å². The van der Waals surface area contributed by atoms with Crippen molar-refractivity contribution in [1.82, 2.24) is 9.99 Å². The van der Waals surface area contributed by atoms with E-state index < -0.39 is 6.04 Å². The van der Waals surface area contributed by atoms with E-state index in [-0.39, 0.29) is 17.4 Å². The summed E-state index contributed by atoms with van der Waals surface area (Å²) >= 11 is 1.73. The van der Waals surface area contributed by atoms with Crippen molar-refractivity contribution < 1.29 is 14.3 Å². The summed E-state index contributed by atoms with van der Waals surface area (Å²) in [6, 6.07) is 24.1. The molecule has 2 aromatic heterocycles. The number of carbonyl (C=O) groups is 1. The van der Waals surface area contributed by atoms with Crippen LogP contribution in [0.25, 0.3) is 0 Å². The Morgan fingerprint density at radius 2 is 1.82 bits per heavy atom. The average molecular weight is 470 g/mol. The molecule has 1 aliphatic rings. The third-order valence-electron chi connectivity index (χ3n) is 5.64. The number of pyridine rings is 1. The number of phenols is 1. The van der Waals surface area contributed by atoms with Crippen molar-refractivity contribution in [3.63, 3.8) is 0 Å². The van der Waals surface area contributed by atoms with Crippen LogP contribution >= 0.6 is 11.8 Å². The Hall–Kier alpha value is -3.84. The number of hydrogen-bond acceptors (Lipinski definition) is 6. The minimum absolute atomic E-state index is 0.130. The molecule has 5 rings (SSSR count). The first-order valence-electron chi connectivity index (χ1n) is 11.0. The summed E-state index contributed by atoms with van der Waals surface area (Å²) in [6.07, 6.45) is 3.89. The van der Waals surface area contributed by atoms with Gasteiger partial charge in [-0.25, -0.2) is 5.01 Å². The maximum atomic E-state index is 13.4. The van der Waals surface area contributed by atoms with Crippen molar-refractivity contribution >= 4 is 23.4 Å². The minimum Gasteiger partial charge on any atom is -0.508 e. The van der Waals surface area contributed by atoms with Crippen LogP contribution in [-0.4, -0.2) is 26.7 Å². The number of phenolic OH excluding ortho intramolecular Hbond substituents is 1. The lowest BCUT2D eigenvalue weighted by Crippen LogP contribution is -2.26. The lowest BCUT2D eigenvalue weighted by molar-refractivity contribution is 0.0675. The van der Waals surface area contributed by atoms with Gasteiger partial charge in [0.05, 0.1) is 17.5 Å². The van der Waals surface area contributed by atoms with Gasteiger partial charge in [0.25, 0.3) is 0 Å². The Morgan fingerprint density at radius 1 is 1.00 bits per heavy atom. The van der Waals surface area contributed by atoms with Gasteiger partial charge in [0.1, 0.15) is 11.5 Å². The molecule has 1 amide bonds. The molecule has 4 aromatic rings. The van der Waals surface area contributed by atoms with Gasteiger partial charge in [-0.05, 0) is 29.8 Å². The van der Waals surface area contributed by atoms with Crippen molar-refractivity contribution in [2.24, 2.45) is 5.10 Å². The topological polar surface area (TPSA) is 78.9 Å². The average Bonchev–Trinajstić information content (AvgIpc) is 3.53. The fourth-order valence-electron chi connectivity index (χ4n) is 3.94. The molecule has 1 aliphatic heterocycles. The van der Waals surface area contributed by atoms with Crippen molar-refractivity contribution in [3.05, 3.63) is 119 Å². The molecule has 34 heavy (non-hydrogen) atoms. The SMILES string of the molecule is O=C(c1ccc(CSCc2ccccc2)o1)N1N=C(c2cccnc2)CC1c1ccccc1O. The number of amides is 1. The normalized spacial score (nSPS) is 15.4. The summed E-state index contributed by atoms with van der Waals surface area (Å²) in [7, 11) is 0. The third kappa shape index (κ3) is 4.75. The van der Waals surface area contributed by atoms with Crippen molar-refractivity contribution in [2.75, 3.05) is 0 Å². The Labute approximate surface area is 202 Å². The van der Waals surface area contributed by atoms with Gasteiger partial charge in [0, 0.05) is 35.7 Å². The molecule has 0 saturated heterocycles. The summed E-state index contributed by atoms with van der Waals surface area (Å²) < 4.78 is 5.90. The molecule has 7 heteroatoms. The van der Waals surface area contributed by atoms with E-state index in [4.69, 9.17) is 4.42 Å². The predicted molar refractivity (Wildman–Crippen MR) is 133 cm³/mol. The fourth-order valence-corrected chi connectivity index (χ4v) is 4.83. The third-order valence-corrected chi connectivity index (χ3v) is 6.66. The smallest absolute Gasteiger partial charge is 0.310 e. The number of thioether (sulfide) groups is 1. The van der Waals surface area contributed by atoms with Crippen LogP contribution in [0, 0.1) is 0 Å². The summed E-state index contributed by atoms with van der Waals surface area (Å²) in [5.74, 6) is 2.28. The lowest BCUT2D eigenvalue weighted by Gasteiger charge is -2.21. The zero-order chi connectivity index (χ0) is 23.3. The Morgan fingerprint density at radius 3 is 2.62 bits per heavy atom. The standard InChI is InChI=1S/C27H23N3O3S/c31-25-11-5-4-10-22(25)24-15-23(20-9-6-14-28-16-20)29-30(24)27(32)26-13-12-21(33-26)18-34-17-19-7-2-1-3-8-19/h1-14,16,24,31H,15,17-18H2. The van der Waals surface area contributed by atoms with Gasteiger partial charge in [0.2, 0.25) is 0 Å². The first kappa shape index (κ1) is 22.0. The summed E-state index contributed by atoms with van der Waals surface area (Å²) in [4.78, 5) is 17.6. The highest BCUT2D eigenvalue weighted by Gasteiger charge is 2.36. The second-order valence-corrected chi connectivity index (χ2v) is 8.95. The molecule has 0 radical (unpaired) electrons. The summed E-state index contributed by atoms with van der Waals surface area (Å²) in [5.41, 5.74) is 3.47. The van der Waals surface area contributed by atoms with E-state index in [0.29, 0.717) is 17.7 Å². The highest BCUT2D eigenvalue weighted by Crippen LogP contribution is 2.38. The quantitative estimate of drug-likeness (QED) is 0.370. The number of carbonyl (C=O) groups excluding carboxylic acids is 1. The molecule has 1 N–H and O–H groups in total. The highest BCUT2D eigenvalue weighted by molar-refractivity contribution is 7.97. The number of hydrazone groups is 1. The van der Waals surface area contributed by atoms with E-state index in [0.717, 1.165) is 22.8 Å². The number of rotatable bonds is 7. The van der Waals surface area contributed by atoms with Gasteiger partial charge < -0.3 is 9.52 Å². The summed E-state index contributed by atoms with van der Waals surface area (Å²) in [5, 5.41) is 16.5. The van der Waals surface area contributed by atoms with E-state index in [1.165, 1.54) is 10.6 Å². The first-order valence-corrected chi connectivity index (χ1v) is 12.1. The number of hydrogen-bond donors (Lipinski definition) is 1. The molecular weight excluding hydrogens is 446 g/mol. The molecule has 2 aromatic carbocycles. The molecule has 170 valence electrons. The molecule has 1 atom stereocenters. The van der Waals surface area contributed by atoms with Gasteiger partial charge in [0.15, 0.2) is 5.76 Å². The highest BCUT2D eigenvalue weighted by atomic mass is 32.2. The number of furan rings is 1. The van der Waals surface area contributed by atoms with Crippen LogP contribution < -0.4 is 0 Å². The maximum Gasteiger partial charge on any atom is 0.310 e. The minimum atomic E-state index is -0.440. The molecule has 0 spiro atoms. The van der Waals surface area contributed by atoms with Crippen LogP contribution in [0.4, 0.5) is 0 Å². The van der Waals surface area contributed by atoms with Crippen LogP contribution in [0.15, 0.2) is 101 Å². The van der Waals surface area contributed by atoms with Gasteiger partial charge in [-0.3, -0.25) is 9.78 Å². The summed E-state index contributed by atoms with van der Waals surface area (Å²) in [6.45, 7) is 0. The molecule has 0 saturated carbocycles. The van der Waals surface area contributed by atoms with Gasteiger partial charge in [-0.1, -0.05) is 54.6 Å². The van der Waals surface area contributed by atoms with Gasteiger partial charge in [-0.2, -0.15) is 5.10 Å². The second-order valence-electron chi connectivity index (χ2n) is 7.96. The molecule has 1 unspecified atom stereocenters. The van der Waals surface area contributed by atoms with E-state index in [1.54, 1.807) is 42.4 Å². The zero-order valence-corrected chi connectivity index (χ0v) is 19.2. The lowest BCUT2D eigenvalue weighted by atomic mass is 9.98. The largest absolute Gasteiger partial charge is 0.508 e. The Bertz CT molecular complexity index is 1300. The fraction of sp³-hybridized carbons (Fsp3) is 0.148. The van der Waals surface area contributed by atoms with Crippen LogP contribution in [0.1, 0.15) is 45.5 Å². The Kier molecular flexibility index (Phi) is 6.44. The monoisotopic (exact) mass is 469 g/mol. The first-order chi connectivity index (χ1) is 16.7. The van der Waals surface area contributed by atoms with Gasteiger partial charge in [-0.15, -0.1) is 11.8 Å². The van der Waals surface area contributed by atoms with Crippen molar-refractivity contribution in [2.45, 2.75) is 24.0 Å². The van der Waals surface area contributed by atoms with Crippen molar-refractivity contribution in [1.29, 1.82) is 0 Å². The zero-order valence-electron chi connectivity index (χ0n) is 18.4. The van der Waals surface area contributed by atoms with Crippen LogP contribution in [-0.2, 0) is 11.5 Å². The van der Waals surface area contributed by atoms with E-state index in [2.05, 4.69) is 22.2 Å².